The van der Waals surface area contributed by atoms with E-state index in [0.717, 1.165) is 5.56 Å². The fourth-order valence-corrected chi connectivity index (χ4v) is 5.05. The van der Waals surface area contributed by atoms with Crippen molar-refractivity contribution in [1.29, 1.82) is 0 Å². The second-order valence-electron chi connectivity index (χ2n) is 8.79. The predicted molar refractivity (Wildman–Crippen MR) is 141 cm³/mol. The second kappa shape index (κ2) is 11.4. The highest BCUT2D eigenvalue weighted by Gasteiger charge is 2.31. The number of methoxy groups -OCH3 is 1. The molecule has 0 bridgehead atoms. The number of imidazole rings is 1. The molecule has 0 unspecified atom stereocenters. The van der Waals surface area contributed by atoms with Crippen LogP contribution in [0.5, 0.6) is 11.5 Å². The molecule has 3 aromatic carbocycles. The number of anilines is 1. The van der Waals surface area contributed by atoms with Crippen LogP contribution in [0.1, 0.15) is 11.1 Å². The van der Waals surface area contributed by atoms with Gasteiger partial charge in [-0.3, -0.25) is 0 Å². The van der Waals surface area contributed by atoms with Crippen LogP contribution in [0.25, 0.3) is 11.3 Å². The standard InChI is InChI=1S/C27H27F3N4O4S/c1-33-17-26(32-18-33)24-14-23(39(35,36)34(2)16-20-6-8-21(37-3)9-7-20)12-13-25(24)31-15-19-4-10-22(11-5-19)38-27(28,29)30/h4-14,17-18,31H,15-16H2,1-3H3. The Bertz CT molecular complexity index is 1520. The third-order valence-corrected chi connectivity index (χ3v) is 7.68. The largest absolute Gasteiger partial charge is 0.573 e. The van der Waals surface area contributed by atoms with Crippen LogP contribution >= 0.6 is 0 Å². The van der Waals surface area contributed by atoms with E-state index in [-0.39, 0.29) is 23.7 Å². The number of nitrogens with one attached hydrogen (secondary N) is 1. The Morgan fingerprint density at radius 3 is 2.21 bits per heavy atom. The van der Waals surface area contributed by atoms with Gasteiger partial charge in [0, 0.05) is 44.6 Å². The number of nitrogens with zero attached hydrogens (tertiary/aromatic N) is 3. The van der Waals surface area contributed by atoms with E-state index in [4.69, 9.17) is 4.74 Å². The SMILES string of the molecule is COc1ccc(CN(C)S(=O)(=O)c2ccc(NCc3ccc(OC(F)(F)F)cc3)c(-c3cn(C)cn3)c2)cc1. The van der Waals surface area contributed by atoms with Gasteiger partial charge in [-0.25, -0.2) is 13.4 Å². The van der Waals surface area contributed by atoms with Crippen molar-refractivity contribution in [3.8, 4) is 22.8 Å². The fourth-order valence-electron chi connectivity index (χ4n) is 3.86. The number of rotatable bonds is 10. The van der Waals surface area contributed by atoms with Gasteiger partial charge in [0.25, 0.3) is 0 Å². The summed E-state index contributed by atoms with van der Waals surface area (Å²) >= 11 is 0. The minimum Gasteiger partial charge on any atom is -0.497 e. The summed E-state index contributed by atoms with van der Waals surface area (Å²) in [5.41, 5.74) is 3.24. The Morgan fingerprint density at radius 2 is 1.62 bits per heavy atom. The lowest BCUT2D eigenvalue weighted by Gasteiger charge is -2.19. The van der Waals surface area contributed by atoms with Crippen molar-refractivity contribution in [3.05, 3.63) is 90.4 Å². The molecule has 1 aromatic heterocycles. The normalized spacial score (nSPS) is 12.0. The molecule has 0 saturated carbocycles. The maximum atomic E-state index is 13.4. The van der Waals surface area contributed by atoms with Crippen LogP contribution in [0.15, 0.2) is 84.1 Å². The first-order valence-corrected chi connectivity index (χ1v) is 13.2. The third kappa shape index (κ3) is 7.09. The average Bonchev–Trinajstić information content (AvgIpc) is 3.33. The first-order valence-electron chi connectivity index (χ1n) is 11.7. The highest BCUT2D eigenvalue weighted by atomic mass is 32.2. The van der Waals surface area contributed by atoms with Crippen molar-refractivity contribution in [1.82, 2.24) is 13.9 Å². The highest BCUT2D eigenvalue weighted by Crippen LogP contribution is 2.31. The number of alkyl halides is 3. The molecular formula is C27H27F3N4O4S. The molecule has 0 spiro atoms. The van der Waals surface area contributed by atoms with E-state index in [0.29, 0.717) is 28.3 Å². The molecular weight excluding hydrogens is 533 g/mol. The number of hydrogen-bond acceptors (Lipinski definition) is 6. The molecule has 0 radical (unpaired) electrons. The molecule has 0 aliphatic carbocycles. The highest BCUT2D eigenvalue weighted by molar-refractivity contribution is 7.89. The summed E-state index contributed by atoms with van der Waals surface area (Å²) in [5.74, 6) is 0.367. The first kappa shape index (κ1) is 28.0. The zero-order valence-corrected chi connectivity index (χ0v) is 22.3. The average molecular weight is 561 g/mol. The molecule has 0 aliphatic heterocycles. The third-order valence-electron chi connectivity index (χ3n) is 5.88. The van der Waals surface area contributed by atoms with Crippen molar-refractivity contribution >= 4 is 15.7 Å². The maximum absolute atomic E-state index is 13.4. The topological polar surface area (TPSA) is 85.7 Å². The molecule has 0 aliphatic rings. The number of sulfonamides is 1. The van der Waals surface area contributed by atoms with Gasteiger partial charge in [0.1, 0.15) is 11.5 Å². The van der Waals surface area contributed by atoms with Gasteiger partial charge in [-0.2, -0.15) is 4.31 Å². The van der Waals surface area contributed by atoms with Crippen molar-refractivity contribution < 1.29 is 31.1 Å². The predicted octanol–water partition coefficient (Wildman–Crippen LogP) is 5.43. The van der Waals surface area contributed by atoms with Gasteiger partial charge in [0.2, 0.25) is 10.0 Å². The Hall–Kier alpha value is -4.03. The number of ether oxygens (including phenoxy) is 2. The van der Waals surface area contributed by atoms with Gasteiger partial charge in [-0.15, -0.1) is 13.2 Å². The van der Waals surface area contributed by atoms with E-state index in [1.54, 1.807) is 67.6 Å². The molecule has 0 fully saturated rings. The van der Waals surface area contributed by atoms with Crippen molar-refractivity contribution in [2.75, 3.05) is 19.5 Å². The van der Waals surface area contributed by atoms with Gasteiger partial charge < -0.3 is 19.4 Å². The summed E-state index contributed by atoms with van der Waals surface area (Å²) in [6.07, 6.45) is -1.39. The summed E-state index contributed by atoms with van der Waals surface area (Å²) in [6, 6.07) is 17.4. The molecule has 0 saturated heterocycles. The summed E-state index contributed by atoms with van der Waals surface area (Å²) in [6.45, 7) is 0.439. The number of aryl methyl sites for hydroxylation is 1. The van der Waals surface area contributed by atoms with E-state index in [1.165, 1.54) is 41.7 Å². The summed E-state index contributed by atoms with van der Waals surface area (Å²) < 4.78 is 76.2. The van der Waals surface area contributed by atoms with Crippen LogP contribution in [0.3, 0.4) is 0 Å². The number of aromatic nitrogens is 2. The molecule has 12 heteroatoms. The lowest BCUT2D eigenvalue weighted by atomic mass is 10.1. The molecule has 8 nitrogen and oxygen atoms in total. The van der Waals surface area contributed by atoms with Gasteiger partial charge in [-0.05, 0) is 53.6 Å². The summed E-state index contributed by atoms with van der Waals surface area (Å²) in [5, 5.41) is 3.23. The minimum absolute atomic E-state index is 0.0957. The van der Waals surface area contributed by atoms with Crippen molar-refractivity contribution in [2.45, 2.75) is 24.3 Å². The Kier molecular flexibility index (Phi) is 8.17. The van der Waals surface area contributed by atoms with Crippen molar-refractivity contribution in [2.24, 2.45) is 7.05 Å². The van der Waals surface area contributed by atoms with Crippen molar-refractivity contribution in [3.63, 3.8) is 0 Å². The maximum Gasteiger partial charge on any atom is 0.573 e. The van der Waals surface area contributed by atoms with E-state index >= 15 is 0 Å². The van der Waals surface area contributed by atoms with Crippen LogP contribution in [0, 0.1) is 0 Å². The van der Waals surface area contributed by atoms with E-state index in [2.05, 4.69) is 15.0 Å². The number of halogens is 3. The van der Waals surface area contributed by atoms with Crippen LogP contribution in [0.2, 0.25) is 0 Å². The smallest absolute Gasteiger partial charge is 0.497 e. The van der Waals surface area contributed by atoms with Gasteiger partial charge in [0.05, 0.1) is 24.0 Å². The lowest BCUT2D eigenvalue weighted by molar-refractivity contribution is -0.274. The van der Waals surface area contributed by atoms with Crippen LogP contribution in [0.4, 0.5) is 18.9 Å². The fraction of sp³-hybridized carbons (Fsp3) is 0.222. The van der Waals surface area contributed by atoms with Crippen LogP contribution in [-0.4, -0.2) is 42.8 Å². The van der Waals surface area contributed by atoms with Crippen LogP contribution in [-0.2, 0) is 30.2 Å². The summed E-state index contributed by atoms with van der Waals surface area (Å²) in [7, 11) is 1.03. The molecule has 4 aromatic rings. The number of hydrogen-bond donors (Lipinski definition) is 1. The van der Waals surface area contributed by atoms with Gasteiger partial charge >= 0.3 is 6.36 Å². The molecule has 4 rings (SSSR count). The van der Waals surface area contributed by atoms with E-state index < -0.39 is 16.4 Å². The monoisotopic (exact) mass is 560 g/mol. The zero-order valence-electron chi connectivity index (χ0n) is 21.4. The molecule has 1 N–H and O–H groups in total. The lowest BCUT2D eigenvalue weighted by Crippen LogP contribution is -2.26. The molecule has 1 heterocycles. The number of benzene rings is 3. The first-order chi connectivity index (χ1) is 18.4. The molecule has 206 valence electrons. The van der Waals surface area contributed by atoms with E-state index in [1.807, 2.05) is 0 Å². The summed E-state index contributed by atoms with van der Waals surface area (Å²) in [4.78, 5) is 4.47. The second-order valence-corrected chi connectivity index (χ2v) is 10.8. The zero-order chi connectivity index (χ0) is 28.2. The Morgan fingerprint density at radius 1 is 0.974 bits per heavy atom. The Balaban J connectivity index is 1.56. The molecule has 0 amide bonds. The van der Waals surface area contributed by atoms with Gasteiger partial charge in [0.15, 0.2) is 0 Å². The quantitative estimate of drug-likeness (QED) is 0.279. The Labute approximate surface area is 224 Å². The molecule has 0 atom stereocenters. The minimum atomic E-state index is -4.76. The molecule has 39 heavy (non-hydrogen) atoms. The van der Waals surface area contributed by atoms with Crippen LogP contribution < -0.4 is 14.8 Å². The van der Waals surface area contributed by atoms with Gasteiger partial charge in [-0.1, -0.05) is 24.3 Å². The van der Waals surface area contributed by atoms with E-state index in [9.17, 15) is 21.6 Å².